The van der Waals surface area contributed by atoms with Crippen molar-refractivity contribution in [3.8, 4) is 0 Å². The van der Waals surface area contributed by atoms with Crippen LogP contribution in [0.1, 0.15) is 18.4 Å². The van der Waals surface area contributed by atoms with Gasteiger partial charge < -0.3 is 10.1 Å². The molecule has 1 aliphatic heterocycles. The average Bonchev–Trinajstić information content (AvgIpc) is 2.52. The largest absolute Gasteiger partial charge is 0.379 e. The van der Waals surface area contributed by atoms with Gasteiger partial charge in [0, 0.05) is 38.4 Å². The number of ether oxygens (including phenoxy) is 1. The Labute approximate surface area is 120 Å². The minimum Gasteiger partial charge on any atom is -0.379 e. The van der Waals surface area contributed by atoms with E-state index in [9.17, 15) is 4.79 Å². The zero-order valence-electron chi connectivity index (χ0n) is 11.9. The summed E-state index contributed by atoms with van der Waals surface area (Å²) in [4.78, 5) is 18.1. The summed E-state index contributed by atoms with van der Waals surface area (Å²) in [6.07, 6.45) is 5.84. The first-order valence-corrected chi connectivity index (χ1v) is 7.30. The van der Waals surface area contributed by atoms with E-state index in [-0.39, 0.29) is 5.91 Å². The molecule has 1 saturated heterocycles. The summed E-state index contributed by atoms with van der Waals surface area (Å²) in [5.74, 6) is 0.129. The van der Waals surface area contributed by atoms with Crippen molar-refractivity contribution in [2.24, 2.45) is 0 Å². The molecule has 5 nitrogen and oxygen atoms in total. The molecule has 0 aliphatic carbocycles. The molecule has 1 amide bonds. The SMILES string of the molecule is O=C(CCc1ccncc1)NCCCN1CCOCC1. The third kappa shape index (κ3) is 5.67. The molecule has 0 atom stereocenters. The van der Waals surface area contributed by atoms with Crippen LogP contribution in [0.25, 0.3) is 0 Å². The number of aromatic nitrogens is 1. The van der Waals surface area contributed by atoms with E-state index in [1.807, 2.05) is 12.1 Å². The topological polar surface area (TPSA) is 54.5 Å². The van der Waals surface area contributed by atoms with E-state index in [2.05, 4.69) is 15.2 Å². The lowest BCUT2D eigenvalue weighted by molar-refractivity contribution is -0.121. The second-order valence-corrected chi connectivity index (χ2v) is 5.01. The van der Waals surface area contributed by atoms with E-state index in [0.717, 1.165) is 57.8 Å². The molecular formula is C15H23N3O2. The molecule has 5 heteroatoms. The third-order valence-electron chi connectivity index (χ3n) is 3.47. The molecule has 2 rings (SSSR count). The van der Waals surface area contributed by atoms with Crippen molar-refractivity contribution < 1.29 is 9.53 Å². The first-order valence-electron chi connectivity index (χ1n) is 7.30. The highest BCUT2D eigenvalue weighted by atomic mass is 16.5. The van der Waals surface area contributed by atoms with Crippen LogP contribution in [0.4, 0.5) is 0 Å². The fourth-order valence-corrected chi connectivity index (χ4v) is 2.25. The van der Waals surface area contributed by atoms with E-state index < -0.39 is 0 Å². The molecule has 110 valence electrons. The predicted molar refractivity (Wildman–Crippen MR) is 77.4 cm³/mol. The number of amides is 1. The Balaban J connectivity index is 1.51. The monoisotopic (exact) mass is 277 g/mol. The van der Waals surface area contributed by atoms with Crippen LogP contribution >= 0.6 is 0 Å². The van der Waals surface area contributed by atoms with Gasteiger partial charge in [-0.2, -0.15) is 0 Å². The van der Waals surface area contributed by atoms with Gasteiger partial charge in [-0.1, -0.05) is 0 Å². The molecule has 0 aromatic carbocycles. The summed E-state index contributed by atoms with van der Waals surface area (Å²) >= 11 is 0. The van der Waals surface area contributed by atoms with Crippen LogP contribution in [0, 0.1) is 0 Å². The Morgan fingerprint density at radius 1 is 1.30 bits per heavy atom. The van der Waals surface area contributed by atoms with Gasteiger partial charge in [-0.15, -0.1) is 0 Å². The zero-order chi connectivity index (χ0) is 14.0. The Morgan fingerprint density at radius 2 is 2.05 bits per heavy atom. The van der Waals surface area contributed by atoms with E-state index in [4.69, 9.17) is 4.74 Å². The minimum absolute atomic E-state index is 0.129. The molecule has 2 heterocycles. The Morgan fingerprint density at radius 3 is 2.80 bits per heavy atom. The molecule has 1 N–H and O–H groups in total. The van der Waals surface area contributed by atoms with Crippen molar-refractivity contribution in [1.82, 2.24) is 15.2 Å². The summed E-state index contributed by atoms with van der Waals surface area (Å²) in [6, 6.07) is 3.90. The molecule has 1 aliphatic rings. The number of carbonyl (C=O) groups is 1. The van der Waals surface area contributed by atoms with Crippen LogP contribution in [0.3, 0.4) is 0 Å². The fourth-order valence-electron chi connectivity index (χ4n) is 2.25. The number of rotatable bonds is 7. The first kappa shape index (κ1) is 14.9. The third-order valence-corrected chi connectivity index (χ3v) is 3.47. The molecule has 1 aromatic rings. The maximum Gasteiger partial charge on any atom is 0.220 e. The lowest BCUT2D eigenvalue weighted by atomic mass is 10.1. The number of carbonyl (C=O) groups excluding carboxylic acids is 1. The molecule has 0 bridgehead atoms. The molecule has 1 fully saturated rings. The summed E-state index contributed by atoms with van der Waals surface area (Å²) in [5, 5.41) is 2.98. The van der Waals surface area contributed by atoms with Crippen LogP contribution in [-0.2, 0) is 16.0 Å². The van der Waals surface area contributed by atoms with Gasteiger partial charge in [0.1, 0.15) is 0 Å². The molecule has 0 spiro atoms. The van der Waals surface area contributed by atoms with E-state index in [1.54, 1.807) is 12.4 Å². The number of hydrogen-bond donors (Lipinski definition) is 1. The van der Waals surface area contributed by atoms with E-state index >= 15 is 0 Å². The number of nitrogens with one attached hydrogen (secondary N) is 1. The van der Waals surface area contributed by atoms with Crippen LogP contribution in [0.15, 0.2) is 24.5 Å². The summed E-state index contributed by atoms with van der Waals surface area (Å²) in [6.45, 7) is 5.48. The van der Waals surface area contributed by atoms with E-state index in [0.29, 0.717) is 6.42 Å². The standard InChI is InChI=1S/C15H23N3O2/c19-15(3-2-14-4-7-16-8-5-14)17-6-1-9-18-10-12-20-13-11-18/h4-5,7-8H,1-3,6,9-13H2,(H,17,19). The maximum absolute atomic E-state index is 11.7. The molecule has 0 radical (unpaired) electrons. The van der Waals surface area contributed by atoms with Crippen LogP contribution in [-0.4, -0.2) is 55.2 Å². The lowest BCUT2D eigenvalue weighted by Gasteiger charge is -2.26. The van der Waals surface area contributed by atoms with Crippen molar-refractivity contribution in [1.29, 1.82) is 0 Å². The quantitative estimate of drug-likeness (QED) is 0.751. The average molecular weight is 277 g/mol. The second kappa shape index (κ2) is 8.66. The first-order chi connectivity index (χ1) is 9.84. The van der Waals surface area contributed by atoms with Crippen LogP contribution in [0.2, 0.25) is 0 Å². The van der Waals surface area contributed by atoms with Crippen molar-refractivity contribution in [2.45, 2.75) is 19.3 Å². The van der Waals surface area contributed by atoms with Gasteiger partial charge in [-0.05, 0) is 37.1 Å². The van der Waals surface area contributed by atoms with Gasteiger partial charge >= 0.3 is 0 Å². The van der Waals surface area contributed by atoms with Gasteiger partial charge in [-0.3, -0.25) is 14.7 Å². The zero-order valence-corrected chi connectivity index (χ0v) is 11.9. The van der Waals surface area contributed by atoms with Gasteiger partial charge in [-0.25, -0.2) is 0 Å². The van der Waals surface area contributed by atoms with Gasteiger partial charge in [0.05, 0.1) is 13.2 Å². The highest BCUT2D eigenvalue weighted by Gasteiger charge is 2.09. The van der Waals surface area contributed by atoms with Crippen molar-refractivity contribution in [3.05, 3.63) is 30.1 Å². The number of nitrogens with zero attached hydrogens (tertiary/aromatic N) is 2. The summed E-state index contributed by atoms with van der Waals surface area (Å²) < 4.78 is 5.30. The highest BCUT2D eigenvalue weighted by molar-refractivity contribution is 5.76. The number of pyridine rings is 1. The number of morpholine rings is 1. The molecule has 0 saturated carbocycles. The van der Waals surface area contributed by atoms with Crippen LogP contribution in [0.5, 0.6) is 0 Å². The maximum atomic E-state index is 11.7. The summed E-state index contributed by atoms with van der Waals surface area (Å²) in [5.41, 5.74) is 1.16. The minimum atomic E-state index is 0.129. The Bertz CT molecular complexity index is 391. The number of aryl methyl sites for hydroxylation is 1. The van der Waals surface area contributed by atoms with Gasteiger partial charge in [0.2, 0.25) is 5.91 Å². The Hall–Kier alpha value is -1.46. The van der Waals surface area contributed by atoms with Crippen molar-refractivity contribution >= 4 is 5.91 Å². The number of hydrogen-bond acceptors (Lipinski definition) is 4. The molecule has 0 unspecified atom stereocenters. The Kier molecular flexibility index (Phi) is 6.47. The van der Waals surface area contributed by atoms with Crippen molar-refractivity contribution in [2.75, 3.05) is 39.4 Å². The van der Waals surface area contributed by atoms with Gasteiger partial charge in [0.15, 0.2) is 0 Å². The predicted octanol–water partition coefficient (Wildman–Crippen LogP) is 0.853. The fraction of sp³-hybridized carbons (Fsp3) is 0.600. The second-order valence-electron chi connectivity index (χ2n) is 5.01. The van der Waals surface area contributed by atoms with Gasteiger partial charge in [0.25, 0.3) is 0 Å². The lowest BCUT2D eigenvalue weighted by Crippen LogP contribution is -2.38. The van der Waals surface area contributed by atoms with Crippen LogP contribution < -0.4 is 5.32 Å². The van der Waals surface area contributed by atoms with Crippen molar-refractivity contribution in [3.63, 3.8) is 0 Å². The summed E-state index contributed by atoms with van der Waals surface area (Å²) in [7, 11) is 0. The molecular weight excluding hydrogens is 254 g/mol. The van der Waals surface area contributed by atoms with E-state index in [1.165, 1.54) is 0 Å². The smallest absolute Gasteiger partial charge is 0.220 e. The molecule has 1 aromatic heterocycles. The normalized spacial score (nSPS) is 16.0. The molecule has 20 heavy (non-hydrogen) atoms. The highest BCUT2D eigenvalue weighted by Crippen LogP contribution is 2.01.